The number of aryl methyl sites for hydroxylation is 2. The molecule has 19 heavy (non-hydrogen) atoms. The molecule has 0 aliphatic heterocycles. The topological polar surface area (TPSA) is 52.2 Å². The molecule has 0 atom stereocenters. The van der Waals surface area contributed by atoms with Crippen molar-refractivity contribution in [3.8, 4) is 5.88 Å². The lowest BCUT2D eigenvalue weighted by Gasteiger charge is -2.03. The molecular formula is C14H19N3O2. The summed E-state index contributed by atoms with van der Waals surface area (Å²) in [6.07, 6.45) is 2.58. The van der Waals surface area contributed by atoms with Gasteiger partial charge in [-0.15, -0.1) is 0 Å². The lowest BCUT2D eigenvalue weighted by Crippen LogP contribution is -2.14. The second-order valence-electron chi connectivity index (χ2n) is 5.06. The predicted octanol–water partition coefficient (Wildman–Crippen LogP) is 2.15. The van der Waals surface area contributed by atoms with Gasteiger partial charge in [0.05, 0.1) is 12.2 Å². The van der Waals surface area contributed by atoms with Gasteiger partial charge < -0.3 is 14.5 Å². The van der Waals surface area contributed by atoms with Crippen molar-refractivity contribution in [2.75, 3.05) is 0 Å². The summed E-state index contributed by atoms with van der Waals surface area (Å²) in [4.78, 5) is 0. The maximum Gasteiger partial charge on any atom is 0.212 e. The first-order valence-electron chi connectivity index (χ1n) is 6.65. The van der Waals surface area contributed by atoms with Crippen LogP contribution in [-0.4, -0.2) is 15.8 Å². The van der Waals surface area contributed by atoms with Gasteiger partial charge in [-0.2, -0.15) is 5.10 Å². The molecule has 5 nitrogen and oxygen atoms in total. The summed E-state index contributed by atoms with van der Waals surface area (Å²) in [6, 6.07) is 6.58. The standard InChI is InChI=1S/C14H19N3O2/c1-10-7-14(17(2)16-10)18-9-13-6-5-12(19-13)8-15-11-3-4-11/h5-7,11,15H,3-4,8-9H2,1-2H3. The number of rotatable bonds is 6. The minimum absolute atomic E-state index is 0.433. The van der Waals surface area contributed by atoms with Crippen molar-refractivity contribution in [3.05, 3.63) is 35.4 Å². The average molecular weight is 261 g/mol. The van der Waals surface area contributed by atoms with E-state index in [9.17, 15) is 0 Å². The summed E-state index contributed by atoms with van der Waals surface area (Å²) < 4.78 is 13.1. The third-order valence-corrected chi connectivity index (χ3v) is 3.18. The molecule has 3 rings (SSSR count). The van der Waals surface area contributed by atoms with Crippen LogP contribution in [0.1, 0.15) is 30.1 Å². The zero-order chi connectivity index (χ0) is 13.2. The Hall–Kier alpha value is -1.75. The fraction of sp³-hybridized carbons (Fsp3) is 0.500. The Bertz CT molecular complexity index is 555. The summed E-state index contributed by atoms with van der Waals surface area (Å²) in [5.74, 6) is 2.56. The Morgan fingerprint density at radius 3 is 2.89 bits per heavy atom. The van der Waals surface area contributed by atoms with Crippen LogP contribution >= 0.6 is 0 Å². The minimum atomic E-state index is 0.433. The summed E-state index contributed by atoms with van der Waals surface area (Å²) in [5, 5.41) is 7.66. The van der Waals surface area contributed by atoms with Crippen molar-refractivity contribution in [1.29, 1.82) is 0 Å². The fourth-order valence-corrected chi connectivity index (χ4v) is 1.99. The van der Waals surface area contributed by atoms with Gasteiger partial charge in [0.2, 0.25) is 5.88 Å². The molecule has 2 aromatic heterocycles. The number of hydrogen-bond donors (Lipinski definition) is 1. The molecule has 0 amide bonds. The van der Waals surface area contributed by atoms with Gasteiger partial charge in [0, 0.05) is 19.2 Å². The maximum atomic E-state index is 5.71. The summed E-state index contributed by atoms with van der Waals surface area (Å²) >= 11 is 0. The number of nitrogens with one attached hydrogen (secondary N) is 1. The average Bonchev–Trinajstić information content (AvgIpc) is 3.01. The summed E-state index contributed by atoms with van der Waals surface area (Å²) in [5.41, 5.74) is 0.950. The zero-order valence-corrected chi connectivity index (χ0v) is 11.3. The van der Waals surface area contributed by atoms with Crippen LogP contribution in [0.4, 0.5) is 0 Å². The van der Waals surface area contributed by atoms with Gasteiger partial charge in [-0.05, 0) is 31.9 Å². The van der Waals surface area contributed by atoms with Gasteiger partial charge in [0.1, 0.15) is 18.1 Å². The molecule has 1 aliphatic carbocycles. The van der Waals surface area contributed by atoms with Crippen LogP contribution in [-0.2, 0) is 20.2 Å². The van der Waals surface area contributed by atoms with Crippen molar-refractivity contribution in [2.45, 2.75) is 39.0 Å². The highest BCUT2D eigenvalue weighted by Crippen LogP contribution is 2.20. The van der Waals surface area contributed by atoms with Crippen LogP contribution in [0.2, 0.25) is 0 Å². The van der Waals surface area contributed by atoms with E-state index in [0.717, 1.165) is 29.6 Å². The number of aromatic nitrogens is 2. The highest BCUT2D eigenvalue weighted by atomic mass is 16.5. The van der Waals surface area contributed by atoms with E-state index in [0.29, 0.717) is 12.6 Å². The third-order valence-electron chi connectivity index (χ3n) is 3.18. The van der Waals surface area contributed by atoms with Gasteiger partial charge in [0.25, 0.3) is 0 Å². The molecule has 102 valence electrons. The van der Waals surface area contributed by atoms with E-state index in [1.165, 1.54) is 12.8 Å². The largest absolute Gasteiger partial charge is 0.470 e. The van der Waals surface area contributed by atoms with Crippen LogP contribution in [0.5, 0.6) is 5.88 Å². The normalized spacial score (nSPS) is 14.8. The van der Waals surface area contributed by atoms with Crippen LogP contribution in [0, 0.1) is 6.92 Å². The van der Waals surface area contributed by atoms with E-state index < -0.39 is 0 Å². The Balaban J connectivity index is 1.53. The van der Waals surface area contributed by atoms with Gasteiger partial charge in [0.15, 0.2) is 0 Å². The van der Waals surface area contributed by atoms with Gasteiger partial charge in [-0.1, -0.05) is 0 Å². The van der Waals surface area contributed by atoms with Crippen LogP contribution in [0.3, 0.4) is 0 Å². The minimum Gasteiger partial charge on any atom is -0.470 e. The van der Waals surface area contributed by atoms with Gasteiger partial charge >= 0.3 is 0 Å². The third kappa shape index (κ3) is 3.17. The fourth-order valence-electron chi connectivity index (χ4n) is 1.99. The van der Waals surface area contributed by atoms with Crippen molar-refractivity contribution in [3.63, 3.8) is 0 Å². The number of ether oxygens (including phenoxy) is 1. The number of hydrogen-bond acceptors (Lipinski definition) is 4. The monoisotopic (exact) mass is 261 g/mol. The quantitative estimate of drug-likeness (QED) is 0.865. The van der Waals surface area contributed by atoms with Crippen LogP contribution < -0.4 is 10.1 Å². The van der Waals surface area contributed by atoms with Crippen LogP contribution in [0.25, 0.3) is 0 Å². The first-order valence-corrected chi connectivity index (χ1v) is 6.65. The molecule has 0 radical (unpaired) electrons. The Kier molecular flexibility index (Phi) is 3.29. The molecule has 0 bridgehead atoms. The molecule has 2 aromatic rings. The van der Waals surface area contributed by atoms with Gasteiger partial charge in [-0.3, -0.25) is 0 Å². The molecule has 1 saturated carbocycles. The van der Waals surface area contributed by atoms with E-state index in [2.05, 4.69) is 10.4 Å². The second kappa shape index (κ2) is 5.09. The van der Waals surface area contributed by atoms with E-state index >= 15 is 0 Å². The molecule has 0 spiro atoms. The molecule has 2 heterocycles. The van der Waals surface area contributed by atoms with E-state index in [1.807, 2.05) is 32.2 Å². The van der Waals surface area contributed by atoms with E-state index in [-0.39, 0.29) is 0 Å². The highest BCUT2D eigenvalue weighted by Gasteiger charge is 2.20. The predicted molar refractivity (Wildman–Crippen MR) is 70.8 cm³/mol. The first-order chi connectivity index (χ1) is 9.20. The molecule has 1 fully saturated rings. The highest BCUT2D eigenvalue weighted by molar-refractivity contribution is 5.15. The van der Waals surface area contributed by atoms with E-state index in [4.69, 9.17) is 9.15 Å². The summed E-state index contributed by atoms with van der Waals surface area (Å²) in [6.45, 7) is 3.18. The number of furan rings is 1. The van der Waals surface area contributed by atoms with Crippen molar-refractivity contribution < 1.29 is 9.15 Å². The lowest BCUT2D eigenvalue weighted by molar-refractivity contribution is 0.245. The Labute approximate surface area is 112 Å². The molecular weight excluding hydrogens is 242 g/mol. The lowest BCUT2D eigenvalue weighted by atomic mass is 10.4. The van der Waals surface area contributed by atoms with Gasteiger partial charge in [-0.25, -0.2) is 4.68 Å². The van der Waals surface area contributed by atoms with E-state index in [1.54, 1.807) is 4.68 Å². The second-order valence-corrected chi connectivity index (χ2v) is 5.06. The smallest absolute Gasteiger partial charge is 0.212 e. The Morgan fingerprint density at radius 1 is 1.42 bits per heavy atom. The zero-order valence-electron chi connectivity index (χ0n) is 11.3. The van der Waals surface area contributed by atoms with Crippen molar-refractivity contribution in [2.24, 2.45) is 7.05 Å². The molecule has 0 saturated heterocycles. The maximum absolute atomic E-state index is 5.71. The SMILES string of the molecule is Cc1cc(OCc2ccc(CNC3CC3)o2)n(C)n1. The van der Waals surface area contributed by atoms with Crippen molar-refractivity contribution in [1.82, 2.24) is 15.1 Å². The molecule has 0 aromatic carbocycles. The molecule has 1 aliphatic rings. The summed E-state index contributed by atoms with van der Waals surface area (Å²) in [7, 11) is 1.87. The first kappa shape index (κ1) is 12.3. The molecule has 5 heteroatoms. The molecule has 0 unspecified atom stereocenters. The number of nitrogens with zero attached hydrogens (tertiary/aromatic N) is 2. The Morgan fingerprint density at radius 2 is 2.21 bits per heavy atom. The molecule has 1 N–H and O–H groups in total. The van der Waals surface area contributed by atoms with Crippen LogP contribution in [0.15, 0.2) is 22.6 Å². The van der Waals surface area contributed by atoms with Crippen molar-refractivity contribution >= 4 is 0 Å².